The number of hydrogen-bond acceptors (Lipinski definition) is 4. The summed E-state index contributed by atoms with van der Waals surface area (Å²) in [6.07, 6.45) is 0.216. The lowest BCUT2D eigenvalue weighted by atomic mass is 10.0. The van der Waals surface area contributed by atoms with Crippen molar-refractivity contribution in [2.45, 2.75) is 6.32 Å². The first kappa shape index (κ1) is 8.77. The zero-order valence-corrected chi connectivity index (χ0v) is 6.94. The number of aromatic nitrogens is 2. The fraction of sp³-hybridized carbons (Fsp3) is 0.500. The van der Waals surface area contributed by atoms with Crippen LogP contribution in [0.1, 0.15) is 5.69 Å². The lowest BCUT2D eigenvalue weighted by molar-refractivity contribution is 0.365. The molecule has 0 unspecified atom stereocenters. The first-order valence-corrected chi connectivity index (χ1v) is 3.37. The van der Waals surface area contributed by atoms with Crippen molar-refractivity contribution in [3.63, 3.8) is 0 Å². The molecule has 0 aliphatic heterocycles. The van der Waals surface area contributed by atoms with Crippen LogP contribution in [0.15, 0.2) is 5.18 Å². The molecule has 2 radical (unpaired) electrons. The first-order valence-electron chi connectivity index (χ1n) is 3.37. The van der Waals surface area contributed by atoms with Crippen molar-refractivity contribution in [1.82, 2.24) is 9.55 Å². The molecule has 1 aromatic rings. The van der Waals surface area contributed by atoms with Gasteiger partial charge in [-0.05, 0) is 11.5 Å². The molecule has 62 valence electrons. The molecule has 0 aromatic carbocycles. The van der Waals surface area contributed by atoms with Crippen LogP contribution in [0, 0.1) is 4.91 Å². The van der Waals surface area contributed by atoms with Gasteiger partial charge in [-0.1, -0.05) is 0 Å². The van der Waals surface area contributed by atoms with E-state index in [1.54, 1.807) is 11.6 Å². The highest BCUT2D eigenvalue weighted by molar-refractivity contribution is 6.08. The molecule has 12 heavy (non-hydrogen) atoms. The molecule has 5 nitrogen and oxygen atoms in total. The lowest BCUT2D eigenvalue weighted by Gasteiger charge is -2.00. The van der Waals surface area contributed by atoms with Gasteiger partial charge < -0.3 is 4.74 Å². The number of imidazole rings is 1. The Balaban J connectivity index is 3.22. The Hall–Kier alpha value is -1.33. The molecule has 0 aliphatic rings. The van der Waals surface area contributed by atoms with Crippen LogP contribution in [0.3, 0.4) is 0 Å². The summed E-state index contributed by atoms with van der Waals surface area (Å²) in [7, 11) is 8.56. The van der Waals surface area contributed by atoms with Crippen LogP contribution in [-0.2, 0) is 13.4 Å². The summed E-state index contributed by atoms with van der Waals surface area (Å²) in [5.41, 5.74) is 0.571. The number of ether oxygens (including phenoxy) is 1. The maximum atomic E-state index is 10.2. The molecule has 0 aliphatic carbocycles. The fourth-order valence-electron chi connectivity index (χ4n) is 0.979. The molecular weight excluding hydrogens is 157 g/mol. The second-order valence-electron chi connectivity index (χ2n) is 2.22. The highest BCUT2D eigenvalue weighted by Gasteiger charge is 2.12. The van der Waals surface area contributed by atoms with Crippen LogP contribution in [-0.4, -0.2) is 24.5 Å². The van der Waals surface area contributed by atoms with E-state index in [4.69, 9.17) is 12.6 Å². The maximum Gasteiger partial charge on any atom is 0.298 e. The van der Waals surface area contributed by atoms with Crippen LogP contribution in [0.4, 0.5) is 5.82 Å². The molecular formula is C6H8BN3O2. The van der Waals surface area contributed by atoms with E-state index >= 15 is 0 Å². The molecule has 0 spiro atoms. The van der Waals surface area contributed by atoms with Crippen molar-refractivity contribution >= 4 is 13.7 Å². The first-order chi connectivity index (χ1) is 5.74. The minimum absolute atomic E-state index is 0.0943. The Labute approximate surface area is 71.1 Å². The van der Waals surface area contributed by atoms with Crippen LogP contribution in [0.5, 0.6) is 6.01 Å². The van der Waals surface area contributed by atoms with Gasteiger partial charge in [-0.25, -0.2) is 0 Å². The Morgan fingerprint density at radius 2 is 2.42 bits per heavy atom. The van der Waals surface area contributed by atoms with Crippen molar-refractivity contribution in [2.75, 3.05) is 7.11 Å². The van der Waals surface area contributed by atoms with Gasteiger partial charge >= 0.3 is 0 Å². The molecule has 0 saturated heterocycles. The van der Waals surface area contributed by atoms with Gasteiger partial charge in [0.1, 0.15) is 0 Å². The van der Waals surface area contributed by atoms with Gasteiger partial charge in [-0.15, -0.1) is 4.91 Å². The quantitative estimate of drug-likeness (QED) is 0.483. The lowest BCUT2D eigenvalue weighted by Crippen LogP contribution is -1.99. The SMILES string of the molecule is [B]Cc1c(N=O)nc(OC)n1C. The number of methoxy groups -OCH3 is 1. The Morgan fingerprint density at radius 1 is 1.75 bits per heavy atom. The fourth-order valence-corrected chi connectivity index (χ4v) is 0.979. The van der Waals surface area contributed by atoms with Gasteiger partial charge in [0.2, 0.25) is 5.82 Å². The molecule has 1 heterocycles. The number of hydrogen-bond donors (Lipinski definition) is 0. The second-order valence-corrected chi connectivity index (χ2v) is 2.22. The van der Waals surface area contributed by atoms with Crippen LogP contribution in [0.25, 0.3) is 0 Å². The molecule has 1 aromatic heterocycles. The van der Waals surface area contributed by atoms with Crippen molar-refractivity contribution in [1.29, 1.82) is 0 Å². The summed E-state index contributed by atoms with van der Waals surface area (Å²) >= 11 is 0. The van der Waals surface area contributed by atoms with Gasteiger partial charge in [0.25, 0.3) is 6.01 Å². The number of nitroso groups, excluding NO2 is 1. The third-order valence-electron chi connectivity index (χ3n) is 1.61. The molecule has 0 fully saturated rings. The monoisotopic (exact) mass is 165 g/mol. The Morgan fingerprint density at radius 3 is 2.75 bits per heavy atom. The predicted molar refractivity (Wildman–Crippen MR) is 44.7 cm³/mol. The number of nitrogens with zero attached hydrogens (tertiary/aromatic N) is 3. The van der Waals surface area contributed by atoms with E-state index in [0.29, 0.717) is 11.7 Å². The number of rotatable bonds is 3. The van der Waals surface area contributed by atoms with Gasteiger partial charge in [0.15, 0.2) is 0 Å². The van der Waals surface area contributed by atoms with Gasteiger partial charge in [-0.3, -0.25) is 4.57 Å². The van der Waals surface area contributed by atoms with E-state index in [0.717, 1.165) is 0 Å². The minimum Gasteiger partial charge on any atom is -0.468 e. The minimum atomic E-state index is 0.0943. The van der Waals surface area contributed by atoms with E-state index in [-0.39, 0.29) is 12.1 Å². The molecule has 0 saturated carbocycles. The Bertz CT molecular complexity index is 297. The van der Waals surface area contributed by atoms with Crippen molar-refractivity contribution in [3.8, 4) is 6.01 Å². The van der Waals surface area contributed by atoms with E-state index in [2.05, 4.69) is 10.2 Å². The molecule has 0 amide bonds. The maximum absolute atomic E-state index is 10.2. The standard InChI is InChI=1S/C6H8BN3O2/c1-10-4(3-7)5(9-11)8-6(10)12-2/h3H2,1-2H3. The summed E-state index contributed by atoms with van der Waals surface area (Å²) < 4.78 is 6.46. The van der Waals surface area contributed by atoms with Crippen LogP contribution in [0.2, 0.25) is 0 Å². The topological polar surface area (TPSA) is 56.5 Å². The average Bonchev–Trinajstić information content (AvgIpc) is 2.41. The highest BCUT2D eigenvalue weighted by Crippen LogP contribution is 2.22. The largest absolute Gasteiger partial charge is 0.468 e. The third kappa shape index (κ3) is 1.20. The van der Waals surface area contributed by atoms with Crippen molar-refractivity contribution in [2.24, 2.45) is 12.2 Å². The van der Waals surface area contributed by atoms with Gasteiger partial charge in [-0.2, -0.15) is 4.98 Å². The molecule has 0 atom stereocenters. The van der Waals surface area contributed by atoms with E-state index in [9.17, 15) is 4.91 Å². The summed E-state index contributed by atoms with van der Waals surface area (Å²) in [6, 6.07) is 0.338. The zero-order valence-electron chi connectivity index (χ0n) is 6.94. The smallest absolute Gasteiger partial charge is 0.298 e. The normalized spacial score (nSPS) is 9.83. The van der Waals surface area contributed by atoms with Crippen molar-refractivity contribution < 1.29 is 4.74 Å². The van der Waals surface area contributed by atoms with E-state index < -0.39 is 0 Å². The van der Waals surface area contributed by atoms with Crippen LogP contribution >= 0.6 is 0 Å². The van der Waals surface area contributed by atoms with Gasteiger partial charge in [0, 0.05) is 7.05 Å². The molecule has 0 bridgehead atoms. The average molecular weight is 165 g/mol. The Kier molecular flexibility index (Phi) is 2.47. The van der Waals surface area contributed by atoms with E-state index in [1.165, 1.54) is 7.11 Å². The van der Waals surface area contributed by atoms with Crippen LogP contribution < -0.4 is 4.74 Å². The molecule has 6 heteroatoms. The highest BCUT2D eigenvalue weighted by atomic mass is 16.5. The summed E-state index contributed by atoms with van der Waals surface area (Å²) in [5, 5.41) is 2.73. The summed E-state index contributed by atoms with van der Waals surface area (Å²) in [4.78, 5) is 14.0. The predicted octanol–water partition coefficient (Wildman–Crippen LogP) is 0.495. The zero-order chi connectivity index (χ0) is 9.14. The summed E-state index contributed by atoms with van der Waals surface area (Å²) in [5.74, 6) is 0.0943. The second kappa shape index (κ2) is 3.38. The summed E-state index contributed by atoms with van der Waals surface area (Å²) in [6.45, 7) is 0. The molecule has 0 N–H and O–H groups in total. The van der Waals surface area contributed by atoms with Crippen molar-refractivity contribution in [3.05, 3.63) is 10.6 Å². The van der Waals surface area contributed by atoms with E-state index in [1.807, 2.05) is 0 Å². The van der Waals surface area contributed by atoms with Gasteiger partial charge in [0.05, 0.1) is 20.7 Å². The molecule has 1 rings (SSSR count). The third-order valence-corrected chi connectivity index (χ3v) is 1.61.